The molecule has 0 spiro atoms. The fraction of sp³-hybridized carbons (Fsp3) is 0.222. The fourth-order valence-corrected chi connectivity index (χ4v) is 2.66. The van der Waals surface area contributed by atoms with Crippen molar-refractivity contribution in [3.05, 3.63) is 65.2 Å². The van der Waals surface area contributed by atoms with Gasteiger partial charge in [-0.25, -0.2) is 0 Å². The normalized spacial score (nSPS) is 16.3. The van der Waals surface area contributed by atoms with Gasteiger partial charge in [0.15, 0.2) is 0 Å². The van der Waals surface area contributed by atoms with E-state index in [1.165, 1.54) is 18.2 Å². The van der Waals surface area contributed by atoms with E-state index in [1.807, 2.05) is 13.8 Å². The number of fused-ring (bicyclic) bond motifs is 1. The van der Waals surface area contributed by atoms with Crippen molar-refractivity contribution in [2.75, 3.05) is 0 Å². The maximum absolute atomic E-state index is 13.0. The highest BCUT2D eigenvalue weighted by Gasteiger charge is 2.32. The van der Waals surface area contributed by atoms with Crippen LogP contribution in [-0.2, 0) is 6.18 Å². The van der Waals surface area contributed by atoms with E-state index in [4.69, 9.17) is 4.74 Å². The highest BCUT2D eigenvalue weighted by Crippen LogP contribution is 2.42. The molecular weight excluding hydrogens is 305 g/mol. The summed E-state index contributed by atoms with van der Waals surface area (Å²) in [6, 6.07) is 9.81. The second-order valence-electron chi connectivity index (χ2n) is 6.02. The van der Waals surface area contributed by atoms with Crippen molar-refractivity contribution in [1.82, 2.24) is 0 Å². The second-order valence-corrected chi connectivity index (χ2v) is 6.02. The van der Waals surface area contributed by atoms with Gasteiger partial charge >= 0.3 is 6.18 Å². The highest BCUT2D eigenvalue weighted by molar-refractivity contribution is 5.85. The molecule has 23 heavy (non-hydrogen) atoms. The van der Waals surface area contributed by atoms with E-state index in [-0.39, 0.29) is 5.75 Å². The standard InChI is InChI=1S/C18H15F3O2/c1-17(2)10-15(14-7-6-13(22)9-16(14)23-17)11-4-3-5-12(8-11)18(19,20)21/h3-10,22H,1-2H3. The zero-order valence-electron chi connectivity index (χ0n) is 12.6. The monoisotopic (exact) mass is 320 g/mol. The molecule has 0 saturated heterocycles. The molecule has 3 rings (SSSR count). The molecule has 1 N–H and O–H groups in total. The summed E-state index contributed by atoms with van der Waals surface area (Å²) in [6.07, 6.45) is -2.60. The molecule has 2 aromatic carbocycles. The first kappa shape index (κ1) is 15.5. The van der Waals surface area contributed by atoms with Crippen LogP contribution in [0.1, 0.15) is 30.5 Å². The molecule has 1 aliphatic rings. The van der Waals surface area contributed by atoms with Crippen LogP contribution in [0.4, 0.5) is 13.2 Å². The summed E-state index contributed by atoms with van der Waals surface area (Å²) in [6.45, 7) is 3.63. The van der Waals surface area contributed by atoms with Crippen LogP contribution in [0.15, 0.2) is 48.5 Å². The van der Waals surface area contributed by atoms with Crippen LogP contribution < -0.4 is 4.74 Å². The van der Waals surface area contributed by atoms with Gasteiger partial charge in [0.2, 0.25) is 0 Å². The molecular formula is C18H15F3O2. The molecule has 0 unspecified atom stereocenters. The summed E-state index contributed by atoms with van der Waals surface area (Å²) in [5.41, 5.74) is 0.386. The van der Waals surface area contributed by atoms with Crippen molar-refractivity contribution in [3.63, 3.8) is 0 Å². The minimum atomic E-state index is -4.39. The number of alkyl halides is 3. The average Bonchev–Trinajstić information content (AvgIpc) is 2.44. The quantitative estimate of drug-likeness (QED) is 0.800. The summed E-state index contributed by atoms with van der Waals surface area (Å²) in [4.78, 5) is 0. The van der Waals surface area contributed by atoms with E-state index < -0.39 is 17.3 Å². The van der Waals surface area contributed by atoms with Crippen LogP contribution in [0.5, 0.6) is 11.5 Å². The first-order chi connectivity index (χ1) is 10.7. The number of aromatic hydroxyl groups is 1. The van der Waals surface area contributed by atoms with Gasteiger partial charge < -0.3 is 9.84 Å². The summed E-state index contributed by atoms with van der Waals surface area (Å²) in [5.74, 6) is 0.495. The van der Waals surface area contributed by atoms with Gasteiger partial charge in [-0.3, -0.25) is 0 Å². The number of phenolic OH excluding ortho intramolecular Hbond substituents is 1. The maximum atomic E-state index is 13.0. The van der Waals surface area contributed by atoms with Crippen LogP contribution in [0.25, 0.3) is 5.57 Å². The van der Waals surface area contributed by atoms with Crippen molar-refractivity contribution < 1.29 is 23.0 Å². The number of phenols is 1. The topological polar surface area (TPSA) is 29.5 Å². The molecule has 0 aliphatic carbocycles. The maximum Gasteiger partial charge on any atom is 0.416 e. The number of ether oxygens (including phenoxy) is 1. The molecule has 0 radical (unpaired) electrons. The van der Waals surface area contributed by atoms with Gasteiger partial charge in [0.05, 0.1) is 5.56 Å². The Morgan fingerprint density at radius 2 is 1.78 bits per heavy atom. The molecule has 120 valence electrons. The Morgan fingerprint density at radius 3 is 2.48 bits per heavy atom. The summed E-state index contributed by atoms with van der Waals surface area (Å²) < 4.78 is 44.7. The van der Waals surface area contributed by atoms with Crippen molar-refractivity contribution in [1.29, 1.82) is 0 Å². The van der Waals surface area contributed by atoms with E-state index in [9.17, 15) is 18.3 Å². The first-order valence-corrected chi connectivity index (χ1v) is 7.09. The molecule has 2 aromatic rings. The minimum absolute atomic E-state index is 0.0462. The van der Waals surface area contributed by atoms with Crippen molar-refractivity contribution in [3.8, 4) is 11.5 Å². The van der Waals surface area contributed by atoms with Crippen molar-refractivity contribution in [2.45, 2.75) is 25.6 Å². The highest BCUT2D eigenvalue weighted by atomic mass is 19.4. The second kappa shape index (κ2) is 5.05. The predicted molar refractivity (Wildman–Crippen MR) is 81.3 cm³/mol. The fourth-order valence-electron chi connectivity index (χ4n) is 2.66. The van der Waals surface area contributed by atoms with Crippen LogP contribution in [0.3, 0.4) is 0 Å². The zero-order valence-corrected chi connectivity index (χ0v) is 12.6. The third-order valence-corrected chi connectivity index (χ3v) is 3.62. The third kappa shape index (κ3) is 3.04. The molecule has 2 nitrogen and oxygen atoms in total. The van der Waals surface area contributed by atoms with Gasteiger partial charge in [-0.05, 0) is 55.3 Å². The summed E-state index contributed by atoms with van der Waals surface area (Å²) in [7, 11) is 0. The van der Waals surface area contributed by atoms with Crippen LogP contribution in [-0.4, -0.2) is 10.7 Å². The molecule has 0 amide bonds. The van der Waals surface area contributed by atoms with E-state index in [0.717, 1.165) is 12.1 Å². The molecule has 0 bridgehead atoms. The number of benzene rings is 2. The Morgan fingerprint density at radius 1 is 1.04 bits per heavy atom. The third-order valence-electron chi connectivity index (χ3n) is 3.62. The molecule has 0 atom stereocenters. The van der Waals surface area contributed by atoms with Gasteiger partial charge in [0.1, 0.15) is 17.1 Å². The lowest BCUT2D eigenvalue weighted by Crippen LogP contribution is -2.29. The van der Waals surface area contributed by atoms with Gasteiger partial charge in [0.25, 0.3) is 0 Å². The largest absolute Gasteiger partial charge is 0.508 e. The zero-order chi connectivity index (χ0) is 16.8. The van der Waals surface area contributed by atoms with Crippen LogP contribution in [0, 0.1) is 0 Å². The molecule has 1 aliphatic heterocycles. The minimum Gasteiger partial charge on any atom is -0.508 e. The van der Waals surface area contributed by atoms with Crippen molar-refractivity contribution >= 4 is 5.57 Å². The lowest BCUT2D eigenvalue weighted by Gasteiger charge is -2.31. The van der Waals surface area contributed by atoms with Crippen LogP contribution >= 0.6 is 0 Å². The molecule has 1 heterocycles. The van der Waals surface area contributed by atoms with Crippen LogP contribution in [0.2, 0.25) is 0 Å². The summed E-state index contributed by atoms with van der Waals surface area (Å²) >= 11 is 0. The van der Waals surface area contributed by atoms with Gasteiger partial charge in [-0.15, -0.1) is 0 Å². The predicted octanol–water partition coefficient (Wildman–Crippen LogP) is 5.01. The Labute approximate surface area is 131 Å². The Balaban J connectivity index is 2.17. The van der Waals surface area contributed by atoms with Crippen molar-refractivity contribution in [2.24, 2.45) is 0 Å². The van der Waals surface area contributed by atoms with Gasteiger partial charge in [0, 0.05) is 11.6 Å². The molecule has 0 fully saturated rings. The van der Waals surface area contributed by atoms with E-state index in [0.29, 0.717) is 22.4 Å². The lowest BCUT2D eigenvalue weighted by molar-refractivity contribution is -0.137. The smallest absolute Gasteiger partial charge is 0.416 e. The van der Waals surface area contributed by atoms with E-state index in [1.54, 1.807) is 18.2 Å². The van der Waals surface area contributed by atoms with E-state index >= 15 is 0 Å². The SMILES string of the molecule is CC1(C)C=C(c2cccc(C(F)(F)F)c2)c2ccc(O)cc2O1. The Kier molecular flexibility index (Phi) is 3.39. The number of halogens is 3. The Bertz CT molecular complexity index is 789. The molecule has 0 aromatic heterocycles. The molecule has 0 saturated carbocycles. The summed E-state index contributed by atoms with van der Waals surface area (Å²) in [5, 5.41) is 9.62. The number of hydrogen-bond acceptors (Lipinski definition) is 2. The Hall–Kier alpha value is -2.43. The van der Waals surface area contributed by atoms with Gasteiger partial charge in [-0.1, -0.05) is 12.1 Å². The number of hydrogen-bond donors (Lipinski definition) is 1. The number of rotatable bonds is 1. The first-order valence-electron chi connectivity index (χ1n) is 7.09. The van der Waals surface area contributed by atoms with E-state index in [2.05, 4.69) is 0 Å². The lowest BCUT2D eigenvalue weighted by atomic mass is 9.89. The van der Waals surface area contributed by atoms with Gasteiger partial charge in [-0.2, -0.15) is 13.2 Å². The molecule has 5 heteroatoms. The average molecular weight is 320 g/mol.